The highest BCUT2D eigenvalue weighted by Crippen LogP contribution is 2.23. The van der Waals surface area contributed by atoms with Gasteiger partial charge in [0.05, 0.1) is 12.6 Å². The predicted octanol–water partition coefficient (Wildman–Crippen LogP) is 4.63. The van der Waals surface area contributed by atoms with Crippen molar-refractivity contribution in [2.45, 2.75) is 19.5 Å². The van der Waals surface area contributed by atoms with Crippen LogP contribution in [0.15, 0.2) is 60.0 Å². The lowest BCUT2D eigenvalue weighted by atomic mass is 10.00. The number of thiophene rings is 1. The van der Waals surface area contributed by atoms with Crippen LogP contribution in [0.25, 0.3) is 10.8 Å². The third-order valence-electron chi connectivity index (χ3n) is 3.64. The van der Waals surface area contributed by atoms with E-state index in [-0.39, 0.29) is 6.04 Å². The van der Waals surface area contributed by atoms with Gasteiger partial charge in [-0.15, -0.1) is 11.3 Å². The lowest BCUT2D eigenvalue weighted by Crippen LogP contribution is -2.36. The Labute approximate surface area is 140 Å². The molecule has 0 saturated heterocycles. The van der Waals surface area contributed by atoms with Crippen LogP contribution >= 0.6 is 23.6 Å². The molecule has 0 bridgehead atoms. The molecule has 1 atom stereocenters. The van der Waals surface area contributed by atoms with Crippen LogP contribution in [0.1, 0.15) is 23.4 Å². The van der Waals surface area contributed by atoms with Crippen molar-refractivity contribution in [2.75, 3.05) is 0 Å². The first-order valence-corrected chi connectivity index (χ1v) is 8.57. The molecule has 2 aromatic carbocycles. The maximum atomic E-state index is 5.41. The summed E-state index contributed by atoms with van der Waals surface area (Å²) in [5, 5.41) is 11.9. The molecule has 112 valence electrons. The van der Waals surface area contributed by atoms with E-state index >= 15 is 0 Å². The van der Waals surface area contributed by atoms with E-state index in [4.69, 9.17) is 12.2 Å². The summed E-state index contributed by atoms with van der Waals surface area (Å²) in [6.07, 6.45) is 0. The third kappa shape index (κ3) is 3.46. The summed E-state index contributed by atoms with van der Waals surface area (Å²) in [4.78, 5) is 1.28. The van der Waals surface area contributed by atoms with E-state index < -0.39 is 0 Å². The van der Waals surface area contributed by atoms with Gasteiger partial charge in [-0.3, -0.25) is 0 Å². The van der Waals surface area contributed by atoms with Crippen LogP contribution in [0.3, 0.4) is 0 Å². The van der Waals surface area contributed by atoms with Crippen molar-refractivity contribution >= 4 is 39.4 Å². The van der Waals surface area contributed by atoms with Gasteiger partial charge in [-0.25, -0.2) is 0 Å². The largest absolute Gasteiger partial charge is 0.358 e. The molecule has 3 rings (SSSR count). The summed E-state index contributed by atoms with van der Waals surface area (Å²) < 4.78 is 0. The summed E-state index contributed by atoms with van der Waals surface area (Å²) in [7, 11) is 0. The van der Waals surface area contributed by atoms with Crippen molar-refractivity contribution in [3.05, 3.63) is 70.4 Å². The summed E-state index contributed by atoms with van der Waals surface area (Å²) in [6.45, 7) is 2.91. The molecular formula is C18H18N2S2. The maximum absolute atomic E-state index is 5.41. The number of rotatable bonds is 4. The van der Waals surface area contributed by atoms with E-state index in [0.717, 1.165) is 6.54 Å². The Morgan fingerprint density at radius 1 is 1.09 bits per heavy atom. The Bertz CT molecular complexity index is 760. The zero-order valence-electron chi connectivity index (χ0n) is 12.4. The molecule has 0 fully saturated rings. The molecular weight excluding hydrogens is 308 g/mol. The minimum atomic E-state index is 0.162. The van der Waals surface area contributed by atoms with Gasteiger partial charge in [-0.1, -0.05) is 48.5 Å². The lowest BCUT2D eigenvalue weighted by molar-refractivity contribution is 0.704. The zero-order valence-corrected chi connectivity index (χ0v) is 14.0. The second-order valence-corrected chi connectivity index (χ2v) is 6.64. The number of fused-ring (bicyclic) bond motifs is 1. The number of thiocarbonyl (C=S) groups is 1. The van der Waals surface area contributed by atoms with Crippen molar-refractivity contribution in [1.29, 1.82) is 0 Å². The van der Waals surface area contributed by atoms with Crippen molar-refractivity contribution in [3.8, 4) is 0 Å². The SMILES string of the molecule is CC(NC(=S)NCc1cccs1)c1cccc2ccccc12. The molecule has 1 heterocycles. The van der Waals surface area contributed by atoms with Crippen LogP contribution in [0.4, 0.5) is 0 Å². The second-order valence-electron chi connectivity index (χ2n) is 5.20. The predicted molar refractivity (Wildman–Crippen MR) is 99.3 cm³/mol. The highest BCUT2D eigenvalue weighted by Gasteiger charge is 2.10. The number of benzene rings is 2. The van der Waals surface area contributed by atoms with Gasteiger partial charge in [-0.05, 0) is 46.9 Å². The second kappa shape index (κ2) is 6.90. The first-order chi connectivity index (χ1) is 10.7. The Kier molecular flexibility index (Phi) is 4.71. The van der Waals surface area contributed by atoms with Gasteiger partial charge < -0.3 is 10.6 Å². The van der Waals surface area contributed by atoms with Crippen LogP contribution in [-0.4, -0.2) is 5.11 Å². The summed E-state index contributed by atoms with van der Waals surface area (Å²) in [6, 6.07) is 19.1. The molecule has 0 aliphatic heterocycles. The summed E-state index contributed by atoms with van der Waals surface area (Å²) in [5.74, 6) is 0. The fraction of sp³-hybridized carbons (Fsp3) is 0.167. The van der Waals surface area contributed by atoms with E-state index in [0.29, 0.717) is 5.11 Å². The first-order valence-electron chi connectivity index (χ1n) is 7.28. The molecule has 2 N–H and O–H groups in total. The fourth-order valence-electron chi connectivity index (χ4n) is 2.53. The van der Waals surface area contributed by atoms with Crippen LogP contribution in [-0.2, 0) is 6.54 Å². The molecule has 22 heavy (non-hydrogen) atoms. The number of nitrogens with one attached hydrogen (secondary N) is 2. The average molecular weight is 326 g/mol. The minimum absolute atomic E-state index is 0.162. The van der Waals surface area contributed by atoms with Crippen LogP contribution in [0.5, 0.6) is 0 Å². The smallest absolute Gasteiger partial charge is 0.167 e. The van der Waals surface area contributed by atoms with Gasteiger partial charge >= 0.3 is 0 Å². The normalized spacial score (nSPS) is 12.0. The van der Waals surface area contributed by atoms with Crippen LogP contribution in [0.2, 0.25) is 0 Å². The van der Waals surface area contributed by atoms with Gasteiger partial charge in [0.2, 0.25) is 0 Å². The molecule has 0 spiro atoms. The zero-order chi connectivity index (χ0) is 15.4. The molecule has 0 saturated carbocycles. The summed E-state index contributed by atoms with van der Waals surface area (Å²) in [5.41, 5.74) is 1.26. The van der Waals surface area contributed by atoms with E-state index in [1.807, 2.05) is 0 Å². The first kappa shape index (κ1) is 15.0. The van der Waals surface area contributed by atoms with Gasteiger partial charge in [0.25, 0.3) is 0 Å². The van der Waals surface area contributed by atoms with Crippen molar-refractivity contribution < 1.29 is 0 Å². The minimum Gasteiger partial charge on any atom is -0.358 e. The Hall–Kier alpha value is -1.91. The molecule has 1 aromatic heterocycles. The number of hydrogen-bond acceptors (Lipinski definition) is 2. The van der Waals surface area contributed by atoms with E-state index in [9.17, 15) is 0 Å². The molecule has 0 aliphatic rings. The van der Waals surface area contributed by atoms with Gasteiger partial charge in [0.1, 0.15) is 0 Å². The van der Waals surface area contributed by atoms with Crippen molar-refractivity contribution in [3.63, 3.8) is 0 Å². The fourth-order valence-corrected chi connectivity index (χ4v) is 3.43. The third-order valence-corrected chi connectivity index (χ3v) is 4.78. The highest BCUT2D eigenvalue weighted by molar-refractivity contribution is 7.80. The monoisotopic (exact) mass is 326 g/mol. The molecule has 4 heteroatoms. The van der Waals surface area contributed by atoms with Gasteiger partial charge in [-0.2, -0.15) is 0 Å². The van der Waals surface area contributed by atoms with E-state index in [2.05, 4.69) is 77.5 Å². The molecule has 1 unspecified atom stereocenters. The van der Waals surface area contributed by atoms with Crippen molar-refractivity contribution in [2.24, 2.45) is 0 Å². The maximum Gasteiger partial charge on any atom is 0.167 e. The highest BCUT2D eigenvalue weighted by atomic mass is 32.1. The Morgan fingerprint density at radius 2 is 1.91 bits per heavy atom. The molecule has 0 radical (unpaired) electrons. The Morgan fingerprint density at radius 3 is 2.73 bits per heavy atom. The van der Waals surface area contributed by atoms with Gasteiger partial charge in [0, 0.05) is 4.88 Å². The van der Waals surface area contributed by atoms with E-state index in [1.54, 1.807) is 11.3 Å². The van der Waals surface area contributed by atoms with Crippen LogP contribution < -0.4 is 10.6 Å². The molecule has 2 nitrogen and oxygen atoms in total. The van der Waals surface area contributed by atoms with Gasteiger partial charge in [0.15, 0.2) is 5.11 Å². The Balaban J connectivity index is 1.68. The average Bonchev–Trinajstić information content (AvgIpc) is 3.06. The quantitative estimate of drug-likeness (QED) is 0.684. The molecule has 3 aromatic rings. The number of hydrogen-bond donors (Lipinski definition) is 2. The molecule has 0 amide bonds. The molecule has 0 aliphatic carbocycles. The van der Waals surface area contributed by atoms with E-state index in [1.165, 1.54) is 21.2 Å². The topological polar surface area (TPSA) is 24.1 Å². The van der Waals surface area contributed by atoms with Crippen molar-refractivity contribution in [1.82, 2.24) is 10.6 Å². The summed E-state index contributed by atoms with van der Waals surface area (Å²) >= 11 is 7.14. The lowest BCUT2D eigenvalue weighted by Gasteiger charge is -2.19. The van der Waals surface area contributed by atoms with Crippen LogP contribution in [0, 0.1) is 0 Å². The standard InChI is InChI=1S/C18H18N2S2/c1-13(20-18(21)19-12-15-8-5-11-22-15)16-10-4-7-14-6-2-3-9-17(14)16/h2-11,13H,12H2,1H3,(H2,19,20,21).